The van der Waals surface area contributed by atoms with Crippen molar-refractivity contribution < 1.29 is 13.2 Å². The first-order valence-corrected chi connectivity index (χ1v) is 12.5. The fraction of sp³-hybridized carbons (Fsp3) is 0.762. The molecular formula is C21H37N3O3S. The first-order chi connectivity index (χ1) is 13.3. The van der Waals surface area contributed by atoms with Gasteiger partial charge in [0.25, 0.3) is 0 Å². The van der Waals surface area contributed by atoms with Crippen molar-refractivity contribution in [3.05, 3.63) is 18.0 Å². The Kier molecular flexibility index (Phi) is 12.0. The molecule has 0 fully saturated rings. The van der Waals surface area contributed by atoms with Gasteiger partial charge in [-0.3, -0.25) is 4.79 Å². The molecule has 1 heterocycles. The molecule has 0 aromatic carbocycles. The summed E-state index contributed by atoms with van der Waals surface area (Å²) < 4.78 is 23.1. The summed E-state index contributed by atoms with van der Waals surface area (Å²) in [7, 11) is -3.38. The molecule has 0 saturated carbocycles. The van der Waals surface area contributed by atoms with E-state index in [4.69, 9.17) is 5.73 Å². The summed E-state index contributed by atoms with van der Waals surface area (Å²) in [4.78, 5) is 19.0. The van der Waals surface area contributed by atoms with Gasteiger partial charge in [-0.15, -0.1) is 0 Å². The van der Waals surface area contributed by atoms with E-state index in [1.165, 1.54) is 44.9 Å². The van der Waals surface area contributed by atoms with Gasteiger partial charge in [-0.05, 0) is 30.7 Å². The van der Waals surface area contributed by atoms with Crippen LogP contribution in [0.15, 0.2) is 17.6 Å². The second-order valence-corrected chi connectivity index (χ2v) is 9.65. The van der Waals surface area contributed by atoms with E-state index in [-0.39, 0.29) is 11.1 Å². The highest BCUT2D eigenvalue weighted by Gasteiger charge is 2.15. The average molecular weight is 412 g/mol. The highest BCUT2D eigenvalue weighted by Crippen LogP contribution is 2.28. The summed E-state index contributed by atoms with van der Waals surface area (Å²) in [5, 5.41) is -0.129. The summed E-state index contributed by atoms with van der Waals surface area (Å²) in [5.74, 6) is 0.0297. The molecule has 0 bridgehead atoms. The van der Waals surface area contributed by atoms with Crippen LogP contribution in [0, 0.1) is 0 Å². The number of primary amides is 1. The predicted molar refractivity (Wildman–Crippen MR) is 113 cm³/mol. The van der Waals surface area contributed by atoms with E-state index >= 15 is 0 Å². The predicted octanol–water partition coefficient (Wildman–Crippen LogP) is 4.54. The third-order valence-corrected chi connectivity index (χ3v) is 5.96. The Morgan fingerprint density at radius 1 is 0.929 bits per heavy atom. The van der Waals surface area contributed by atoms with Gasteiger partial charge in [0.15, 0.2) is 0 Å². The number of hydrogen-bond donors (Lipinski definition) is 1. The highest BCUT2D eigenvalue weighted by molar-refractivity contribution is 7.90. The number of nitrogens with two attached hydrogens (primary N) is 1. The van der Waals surface area contributed by atoms with Gasteiger partial charge in [0.1, 0.15) is 0 Å². The lowest BCUT2D eigenvalue weighted by Gasteiger charge is -2.17. The second-order valence-electron chi connectivity index (χ2n) is 7.74. The maximum absolute atomic E-state index is 11.6. The number of aromatic nitrogens is 2. The van der Waals surface area contributed by atoms with Crippen LogP contribution in [0.1, 0.15) is 102 Å². The number of amides is 1. The van der Waals surface area contributed by atoms with Crippen molar-refractivity contribution in [3.63, 3.8) is 0 Å². The van der Waals surface area contributed by atoms with Crippen molar-refractivity contribution >= 4 is 15.7 Å². The van der Waals surface area contributed by atoms with Crippen LogP contribution >= 0.6 is 0 Å². The summed E-state index contributed by atoms with van der Waals surface area (Å²) in [6, 6.07) is 0. The van der Waals surface area contributed by atoms with Crippen LogP contribution < -0.4 is 5.73 Å². The molecule has 0 saturated heterocycles. The zero-order valence-electron chi connectivity index (χ0n) is 17.5. The number of hydrogen-bond acceptors (Lipinski definition) is 5. The third-order valence-electron chi connectivity index (χ3n) is 5.08. The summed E-state index contributed by atoms with van der Waals surface area (Å²) in [5.41, 5.74) is 6.20. The van der Waals surface area contributed by atoms with Gasteiger partial charge < -0.3 is 5.73 Å². The number of unbranched alkanes of at least 4 members (excludes halogenated alkanes) is 8. The lowest BCUT2D eigenvalue weighted by atomic mass is 9.90. The van der Waals surface area contributed by atoms with Crippen molar-refractivity contribution in [2.45, 2.75) is 101 Å². The van der Waals surface area contributed by atoms with Gasteiger partial charge >= 0.3 is 0 Å². The van der Waals surface area contributed by atoms with E-state index in [2.05, 4.69) is 16.9 Å². The molecule has 28 heavy (non-hydrogen) atoms. The first-order valence-electron chi connectivity index (χ1n) is 10.6. The molecule has 0 aliphatic carbocycles. The fourth-order valence-corrected chi connectivity index (χ4v) is 3.91. The van der Waals surface area contributed by atoms with Gasteiger partial charge in [-0.2, -0.15) is 0 Å². The third kappa shape index (κ3) is 10.7. The molecule has 160 valence electrons. The topological polar surface area (TPSA) is 103 Å². The summed E-state index contributed by atoms with van der Waals surface area (Å²) in [6.45, 7) is 2.23. The Morgan fingerprint density at radius 3 is 1.93 bits per heavy atom. The van der Waals surface area contributed by atoms with Crippen LogP contribution in [0.3, 0.4) is 0 Å². The van der Waals surface area contributed by atoms with Crippen molar-refractivity contribution in [2.75, 3.05) is 6.26 Å². The Bertz CT molecular complexity index is 660. The highest BCUT2D eigenvalue weighted by atomic mass is 32.2. The van der Waals surface area contributed by atoms with Gasteiger partial charge in [-0.25, -0.2) is 18.4 Å². The zero-order valence-corrected chi connectivity index (χ0v) is 18.3. The molecule has 1 rings (SSSR count). The Hall–Kier alpha value is -1.50. The minimum Gasteiger partial charge on any atom is -0.370 e. The maximum atomic E-state index is 11.6. The van der Waals surface area contributed by atoms with E-state index in [0.29, 0.717) is 12.3 Å². The summed E-state index contributed by atoms with van der Waals surface area (Å²) in [6.07, 6.45) is 18.7. The molecule has 1 aromatic rings. The number of carbonyl (C=O) groups is 1. The molecule has 1 amide bonds. The molecule has 1 atom stereocenters. The van der Waals surface area contributed by atoms with Crippen LogP contribution in [0.5, 0.6) is 0 Å². The first kappa shape index (κ1) is 24.5. The SMILES string of the molecule is CCCCCCCCCCC(CCCCC(N)=O)c1cnc(S(C)(=O)=O)nc1. The Balaban J connectivity index is 2.53. The van der Waals surface area contributed by atoms with E-state index in [1.807, 2.05) is 0 Å². The monoisotopic (exact) mass is 411 g/mol. The summed E-state index contributed by atoms with van der Waals surface area (Å²) >= 11 is 0. The Morgan fingerprint density at radius 2 is 1.43 bits per heavy atom. The van der Waals surface area contributed by atoms with E-state index in [9.17, 15) is 13.2 Å². The van der Waals surface area contributed by atoms with Gasteiger partial charge in [0, 0.05) is 25.1 Å². The molecular weight excluding hydrogens is 374 g/mol. The largest absolute Gasteiger partial charge is 0.370 e. The quantitative estimate of drug-likeness (QED) is 0.318. The fourth-order valence-electron chi connectivity index (χ4n) is 3.42. The van der Waals surface area contributed by atoms with Crippen molar-refractivity contribution in [3.8, 4) is 0 Å². The zero-order chi connectivity index (χ0) is 20.8. The number of sulfone groups is 1. The molecule has 1 aromatic heterocycles. The Labute approximate surface area is 170 Å². The lowest BCUT2D eigenvalue weighted by Crippen LogP contribution is -2.10. The molecule has 2 N–H and O–H groups in total. The standard InChI is InChI=1S/C21H37N3O3S/c1-3-4-5-6-7-8-9-10-13-18(14-11-12-15-20(22)25)19-16-23-21(24-17-19)28(2,26)27/h16-18H,3-15H2,1-2H3,(H2,22,25). The van der Waals surface area contributed by atoms with Crippen LogP contribution in [0.2, 0.25) is 0 Å². The van der Waals surface area contributed by atoms with Crippen LogP contribution in [-0.2, 0) is 14.6 Å². The molecule has 0 spiro atoms. The van der Waals surface area contributed by atoms with E-state index < -0.39 is 9.84 Å². The molecule has 7 heteroatoms. The van der Waals surface area contributed by atoms with Crippen LogP contribution in [0.4, 0.5) is 0 Å². The normalized spacial score (nSPS) is 12.8. The molecule has 0 aliphatic heterocycles. The van der Waals surface area contributed by atoms with E-state index in [0.717, 1.165) is 43.9 Å². The minimum atomic E-state index is -3.38. The number of nitrogens with zero attached hydrogens (tertiary/aromatic N) is 2. The molecule has 0 radical (unpaired) electrons. The van der Waals surface area contributed by atoms with Crippen molar-refractivity contribution in [1.82, 2.24) is 9.97 Å². The molecule has 1 unspecified atom stereocenters. The average Bonchev–Trinajstić information content (AvgIpc) is 2.64. The van der Waals surface area contributed by atoms with Crippen molar-refractivity contribution in [1.29, 1.82) is 0 Å². The maximum Gasteiger partial charge on any atom is 0.246 e. The second kappa shape index (κ2) is 13.6. The number of carbonyl (C=O) groups excluding carboxylic acids is 1. The number of rotatable bonds is 16. The minimum absolute atomic E-state index is 0.129. The van der Waals surface area contributed by atoms with Crippen molar-refractivity contribution in [2.24, 2.45) is 5.73 Å². The molecule has 6 nitrogen and oxygen atoms in total. The van der Waals surface area contributed by atoms with Gasteiger partial charge in [-0.1, -0.05) is 64.7 Å². The van der Waals surface area contributed by atoms with E-state index in [1.54, 1.807) is 12.4 Å². The lowest BCUT2D eigenvalue weighted by molar-refractivity contribution is -0.118. The molecule has 0 aliphatic rings. The van der Waals surface area contributed by atoms with Gasteiger partial charge in [0.05, 0.1) is 0 Å². The van der Waals surface area contributed by atoms with Gasteiger partial charge in [0.2, 0.25) is 20.9 Å². The van der Waals surface area contributed by atoms with Crippen LogP contribution in [0.25, 0.3) is 0 Å². The smallest absolute Gasteiger partial charge is 0.246 e. The van der Waals surface area contributed by atoms with Crippen LogP contribution in [-0.4, -0.2) is 30.5 Å².